The molecule has 1 heterocycles. The van der Waals surface area contributed by atoms with E-state index in [0.29, 0.717) is 5.39 Å². The molecule has 0 saturated heterocycles. The Morgan fingerprint density at radius 3 is 2.00 bits per heavy atom. The maximum atomic E-state index is 12.8. The smallest absolute Gasteiger partial charge is 0.429 e. The van der Waals surface area contributed by atoms with Gasteiger partial charge in [-0.05, 0) is 42.5 Å². The van der Waals surface area contributed by atoms with Gasteiger partial charge in [-0.1, -0.05) is 30.3 Å². The van der Waals surface area contributed by atoms with Crippen LogP contribution in [0.4, 0.5) is 26.3 Å². The predicted molar refractivity (Wildman–Crippen MR) is 113 cm³/mol. The highest BCUT2D eigenvalue weighted by Gasteiger charge is 2.71. The number of aliphatic hydroxyl groups is 1. The molecule has 0 bridgehead atoms. The van der Waals surface area contributed by atoms with E-state index in [1.165, 1.54) is 12.1 Å². The van der Waals surface area contributed by atoms with Crippen molar-refractivity contribution in [3.8, 4) is 4.90 Å². The van der Waals surface area contributed by atoms with E-state index in [0.717, 1.165) is 19.7 Å². The first-order valence-electron chi connectivity index (χ1n) is 9.50. The SMILES string of the molecule is O=C(OCC(O)(C(F)(F)F)C(F)(F)F)c1ccc2c(c1)c1ccccc1[s+]2-c1ccccc1. The number of hydrogen-bond donors (Lipinski definition) is 1. The highest BCUT2D eigenvalue weighted by Crippen LogP contribution is 2.48. The van der Waals surface area contributed by atoms with Crippen LogP contribution in [0.2, 0.25) is 0 Å². The van der Waals surface area contributed by atoms with Gasteiger partial charge in [-0.25, -0.2) is 4.79 Å². The number of benzene rings is 3. The molecule has 33 heavy (non-hydrogen) atoms. The van der Waals surface area contributed by atoms with E-state index in [-0.39, 0.29) is 5.56 Å². The summed E-state index contributed by atoms with van der Waals surface area (Å²) in [7, 11) is -0.493. The van der Waals surface area contributed by atoms with Gasteiger partial charge in [-0.15, -0.1) is 0 Å². The lowest BCUT2D eigenvalue weighted by atomic mass is 10.0. The van der Waals surface area contributed by atoms with E-state index in [4.69, 9.17) is 0 Å². The lowest BCUT2D eigenvalue weighted by molar-refractivity contribution is -0.374. The fraction of sp³-hybridized carbons (Fsp3) is 0.174. The Hall–Kier alpha value is -3.11. The zero-order valence-corrected chi connectivity index (χ0v) is 17.4. The molecule has 1 unspecified atom stereocenters. The molecule has 0 aliphatic carbocycles. The minimum Gasteiger partial charge on any atom is -0.458 e. The third-order valence-electron chi connectivity index (χ3n) is 5.16. The summed E-state index contributed by atoms with van der Waals surface area (Å²) in [5.74, 6) is -1.41. The molecule has 10 heteroatoms. The molecule has 3 aromatic carbocycles. The zero-order valence-electron chi connectivity index (χ0n) is 16.6. The quantitative estimate of drug-likeness (QED) is 0.198. The third kappa shape index (κ3) is 3.93. The number of rotatable bonds is 4. The first-order valence-corrected chi connectivity index (χ1v) is 10.7. The maximum Gasteiger partial charge on any atom is 0.429 e. The van der Waals surface area contributed by atoms with Crippen LogP contribution in [-0.4, -0.2) is 35.6 Å². The van der Waals surface area contributed by atoms with Crippen molar-refractivity contribution >= 4 is 36.6 Å². The number of alkyl halides is 6. The average molecular weight is 485 g/mol. The summed E-state index contributed by atoms with van der Waals surface area (Å²) < 4.78 is 83.2. The first kappa shape index (κ1) is 23.1. The fourth-order valence-electron chi connectivity index (χ4n) is 3.42. The normalized spacial score (nSPS) is 13.5. The molecule has 172 valence electrons. The zero-order chi connectivity index (χ0) is 24.0. The lowest BCUT2D eigenvalue weighted by Crippen LogP contribution is -2.60. The summed E-state index contributed by atoms with van der Waals surface area (Å²) in [5, 5.41) is 10.6. The minimum atomic E-state index is -6.08. The second-order valence-corrected chi connectivity index (χ2v) is 9.22. The van der Waals surface area contributed by atoms with Crippen LogP contribution in [0.3, 0.4) is 0 Å². The van der Waals surface area contributed by atoms with Crippen molar-refractivity contribution in [2.45, 2.75) is 18.0 Å². The number of halogens is 6. The molecule has 0 aliphatic rings. The number of esters is 1. The number of hydrogen-bond acceptors (Lipinski definition) is 3. The molecular formula is C23H15F6O3S+. The number of ether oxygens (including phenoxy) is 1. The van der Waals surface area contributed by atoms with Crippen LogP contribution in [0.5, 0.6) is 0 Å². The van der Waals surface area contributed by atoms with E-state index >= 15 is 0 Å². The van der Waals surface area contributed by atoms with Crippen LogP contribution in [0.15, 0.2) is 72.8 Å². The molecule has 0 aliphatic heterocycles. The van der Waals surface area contributed by atoms with Crippen molar-refractivity contribution < 1.29 is 41.0 Å². The van der Waals surface area contributed by atoms with Gasteiger partial charge in [0.25, 0.3) is 5.60 Å². The minimum absolute atomic E-state index is 0.228. The van der Waals surface area contributed by atoms with Crippen LogP contribution < -0.4 is 0 Å². The summed E-state index contributed by atoms with van der Waals surface area (Å²) in [6.45, 7) is -2.30. The predicted octanol–water partition coefficient (Wildman–Crippen LogP) is 6.74. The highest BCUT2D eigenvalue weighted by molar-refractivity contribution is 7.50. The lowest BCUT2D eigenvalue weighted by Gasteiger charge is -2.31. The molecule has 0 spiro atoms. The van der Waals surface area contributed by atoms with E-state index in [1.807, 2.05) is 48.5 Å². The monoisotopic (exact) mass is 485 g/mol. The van der Waals surface area contributed by atoms with E-state index in [2.05, 4.69) is 4.74 Å². The molecular weight excluding hydrogens is 470 g/mol. The van der Waals surface area contributed by atoms with Crippen molar-refractivity contribution in [3.05, 3.63) is 78.4 Å². The second-order valence-electron chi connectivity index (χ2n) is 7.26. The Bertz CT molecular complexity index is 1310. The van der Waals surface area contributed by atoms with Gasteiger partial charge in [0.05, 0.1) is 5.56 Å². The Balaban J connectivity index is 1.73. The fourth-order valence-corrected chi connectivity index (χ4v) is 5.80. The van der Waals surface area contributed by atoms with E-state index in [1.54, 1.807) is 12.1 Å². The third-order valence-corrected chi connectivity index (χ3v) is 7.50. The van der Waals surface area contributed by atoms with E-state index in [9.17, 15) is 36.2 Å². The number of carbonyl (C=O) groups is 1. The van der Waals surface area contributed by atoms with Crippen LogP contribution in [0.25, 0.3) is 25.1 Å². The van der Waals surface area contributed by atoms with Gasteiger partial charge in [0.15, 0.2) is 14.3 Å². The first-order chi connectivity index (χ1) is 15.4. The van der Waals surface area contributed by atoms with Gasteiger partial charge in [-0.2, -0.15) is 26.3 Å². The van der Waals surface area contributed by atoms with Gasteiger partial charge in [0, 0.05) is 21.2 Å². The molecule has 1 N–H and O–H groups in total. The molecule has 1 atom stereocenters. The molecule has 4 aromatic rings. The Kier molecular flexibility index (Phi) is 5.61. The van der Waals surface area contributed by atoms with Crippen molar-refractivity contribution in [1.82, 2.24) is 0 Å². The van der Waals surface area contributed by atoms with Crippen molar-refractivity contribution in [2.75, 3.05) is 6.61 Å². The second kappa shape index (κ2) is 8.03. The van der Waals surface area contributed by atoms with Crippen LogP contribution in [0, 0.1) is 0 Å². The summed E-state index contributed by atoms with van der Waals surface area (Å²) >= 11 is 0. The number of carbonyl (C=O) groups excluding carboxylic acids is 1. The highest BCUT2D eigenvalue weighted by atomic mass is 32.2. The Labute approximate surface area is 185 Å². The van der Waals surface area contributed by atoms with Gasteiger partial charge in [0.2, 0.25) is 0 Å². The maximum absolute atomic E-state index is 12.8. The summed E-state index contributed by atoms with van der Waals surface area (Å²) in [6, 6.07) is 21.2. The summed E-state index contributed by atoms with van der Waals surface area (Å²) in [6.07, 6.45) is -12.2. The van der Waals surface area contributed by atoms with Gasteiger partial charge in [-0.3, -0.25) is 0 Å². The van der Waals surface area contributed by atoms with Gasteiger partial charge >= 0.3 is 18.3 Å². The van der Waals surface area contributed by atoms with Crippen molar-refractivity contribution in [2.24, 2.45) is 0 Å². The van der Waals surface area contributed by atoms with E-state index < -0.39 is 41.0 Å². The Morgan fingerprint density at radius 1 is 0.788 bits per heavy atom. The topological polar surface area (TPSA) is 46.5 Å². The van der Waals surface area contributed by atoms with Gasteiger partial charge in [0.1, 0.15) is 6.61 Å². The Morgan fingerprint density at radius 2 is 1.36 bits per heavy atom. The van der Waals surface area contributed by atoms with Crippen LogP contribution in [0.1, 0.15) is 10.4 Å². The molecule has 1 aromatic heterocycles. The van der Waals surface area contributed by atoms with Crippen molar-refractivity contribution in [1.29, 1.82) is 0 Å². The van der Waals surface area contributed by atoms with Crippen LogP contribution in [-0.2, 0) is 4.74 Å². The molecule has 0 fully saturated rings. The molecule has 0 radical (unpaired) electrons. The molecule has 0 saturated carbocycles. The number of thiophene rings is 1. The summed E-state index contributed by atoms with van der Waals surface area (Å²) in [5.41, 5.74) is -5.40. The molecule has 0 amide bonds. The van der Waals surface area contributed by atoms with Crippen molar-refractivity contribution in [3.63, 3.8) is 0 Å². The number of fused-ring (bicyclic) bond motifs is 3. The largest absolute Gasteiger partial charge is 0.458 e. The van der Waals surface area contributed by atoms with Crippen LogP contribution >= 0.6 is 10.5 Å². The average Bonchev–Trinajstić information content (AvgIpc) is 3.10. The van der Waals surface area contributed by atoms with Gasteiger partial charge < -0.3 is 9.84 Å². The summed E-state index contributed by atoms with van der Waals surface area (Å²) in [4.78, 5) is 13.4. The molecule has 4 rings (SSSR count). The standard InChI is InChI=1S/C23H15F6O3S/c24-22(25,26)21(31,23(27,28)29)13-32-20(30)14-10-11-19-17(12-14)16-8-4-5-9-18(16)33(19)15-6-2-1-3-7-15/h1-12,31H,13H2/q+1. The molecule has 3 nitrogen and oxygen atoms in total.